The first kappa shape index (κ1) is 17.6. The van der Waals surface area contributed by atoms with Crippen molar-refractivity contribution in [2.45, 2.75) is 0 Å². The number of para-hydroxylation sites is 2. The van der Waals surface area contributed by atoms with E-state index in [9.17, 15) is 0 Å². The number of hydrogen-bond donors (Lipinski definition) is 2. The van der Waals surface area contributed by atoms with Crippen molar-refractivity contribution in [3.05, 3.63) is 73.1 Å². The molecule has 2 N–H and O–H groups in total. The molecule has 0 spiro atoms. The maximum absolute atomic E-state index is 4.40. The molecule has 2 heterocycles. The molecule has 0 bridgehead atoms. The van der Waals surface area contributed by atoms with Crippen LogP contribution in [0.5, 0.6) is 0 Å². The summed E-state index contributed by atoms with van der Waals surface area (Å²) in [7, 11) is 0. The van der Waals surface area contributed by atoms with Crippen LogP contribution in [0.15, 0.2) is 73.1 Å². The Labute approximate surface area is 163 Å². The number of anilines is 2. The van der Waals surface area contributed by atoms with Gasteiger partial charge in [0.2, 0.25) is 0 Å². The van der Waals surface area contributed by atoms with Gasteiger partial charge < -0.3 is 10.6 Å². The highest BCUT2D eigenvalue weighted by atomic mass is 32.2. The summed E-state index contributed by atoms with van der Waals surface area (Å²) in [6, 6.07) is 20.6. The number of nitrogens with zero attached hydrogens (tertiary/aromatic N) is 2. The molecular formula is C22H22N4S. The van der Waals surface area contributed by atoms with E-state index in [1.165, 1.54) is 10.8 Å². The van der Waals surface area contributed by atoms with Gasteiger partial charge in [-0.2, -0.15) is 11.8 Å². The fraction of sp³-hybridized carbons (Fsp3) is 0.182. The lowest BCUT2D eigenvalue weighted by molar-refractivity contribution is 1.20. The first-order valence-electron chi connectivity index (χ1n) is 9.15. The number of fused-ring (bicyclic) bond motifs is 2. The monoisotopic (exact) mass is 374 g/mol. The van der Waals surface area contributed by atoms with Crippen LogP contribution in [0.2, 0.25) is 0 Å². The van der Waals surface area contributed by atoms with E-state index in [4.69, 9.17) is 0 Å². The first-order valence-corrected chi connectivity index (χ1v) is 10.3. The SMILES string of the molecule is c1ccc2c(NCCSCCNc3ccnc4ccccc34)ccnc2c1. The van der Waals surface area contributed by atoms with Gasteiger partial charge in [0, 0.05) is 59.1 Å². The predicted molar refractivity (Wildman–Crippen MR) is 118 cm³/mol. The van der Waals surface area contributed by atoms with Crippen LogP contribution >= 0.6 is 11.8 Å². The molecule has 4 nitrogen and oxygen atoms in total. The zero-order valence-electron chi connectivity index (χ0n) is 15.1. The van der Waals surface area contributed by atoms with Gasteiger partial charge in [-0.25, -0.2) is 0 Å². The Morgan fingerprint density at radius 1 is 0.630 bits per heavy atom. The van der Waals surface area contributed by atoms with Crippen LogP contribution in [-0.4, -0.2) is 34.6 Å². The van der Waals surface area contributed by atoms with Crippen LogP contribution in [0.25, 0.3) is 21.8 Å². The van der Waals surface area contributed by atoms with Gasteiger partial charge in [-0.15, -0.1) is 0 Å². The Hall–Kier alpha value is -2.79. The molecule has 4 rings (SSSR count). The lowest BCUT2D eigenvalue weighted by atomic mass is 10.2. The Morgan fingerprint density at radius 3 is 1.63 bits per heavy atom. The van der Waals surface area contributed by atoms with Gasteiger partial charge in [-0.1, -0.05) is 36.4 Å². The molecule has 0 aliphatic carbocycles. The molecule has 27 heavy (non-hydrogen) atoms. The topological polar surface area (TPSA) is 49.8 Å². The van der Waals surface area contributed by atoms with E-state index >= 15 is 0 Å². The molecule has 0 fully saturated rings. The Bertz CT molecular complexity index is 941. The second kappa shape index (κ2) is 8.73. The average Bonchev–Trinajstić information content (AvgIpc) is 2.73. The third-order valence-electron chi connectivity index (χ3n) is 4.42. The van der Waals surface area contributed by atoms with Crippen LogP contribution < -0.4 is 10.6 Å². The second-order valence-electron chi connectivity index (χ2n) is 6.22. The Kier molecular flexibility index (Phi) is 5.70. The van der Waals surface area contributed by atoms with Crippen molar-refractivity contribution in [2.24, 2.45) is 0 Å². The van der Waals surface area contributed by atoms with Gasteiger partial charge in [0.15, 0.2) is 0 Å². The van der Waals surface area contributed by atoms with Crippen molar-refractivity contribution in [1.82, 2.24) is 9.97 Å². The molecule has 5 heteroatoms. The zero-order valence-corrected chi connectivity index (χ0v) is 15.9. The zero-order chi connectivity index (χ0) is 18.3. The highest BCUT2D eigenvalue weighted by Gasteiger charge is 2.01. The van der Waals surface area contributed by atoms with Gasteiger partial charge in [0.1, 0.15) is 0 Å². The highest BCUT2D eigenvalue weighted by molar-refractivity contribution is 7.99. The number of nitrogens with one attached hydrogen (secondary N) is 2. The summed E-state index contributed by atoms with van der Waals surface area (Å²) >= 11 is 1.95. The Balaban J connectivity index is 1.22. The molecule has 136 valence electrons. The second-order valence-corrected chi connectivity index (χ2v) is 7.44. The largest absolute Gasteiger partial charge is 0.384 e. The van der Waals surface area contributed by atoms with Gasteiger partial charge in [-0.05, 0) is 24.3 Å². The van der Waals surface area contributed by atoms with Crippen molar-refractivity contribution < 1.29 is 0 Å². The third kappa shape index (κ3) is 4.31. The van der Waals surface area contributed by atoms with E-state index in [1.54, 1.807) is 0 Å². The molecule has 0 saturated heterocycles. The Morgan fingerprint density at radius 2 is 1.11 bits per heavy atom. The lowest BCUT2D eigenvalue weighted by Gasteiger charge is -2.10. The summed E-state index contributed by atoms with van der Waals surface area (Å²) in [4.78, 5) is 8.81. The van der Waals surface area contributed by atoms with E-state index in [0.717, 1.165) is 47.0 Å². The van der Waals surface area contributed by atoms with Crippen molar-refractivity contribution in [3.8, 4) is 0 Å². The average molecular weight is 375 g/mol. The van der Waals surface area contributed by atoms with Gasteiger partial charge in [0.05, 0.1) is 11.0 Å². The number of pyridine rings is 2. The standard InChI is InChI=1S/C22H22N4S/c1-3-7-19-17(5-1)21(9-11-23-19)25-13-15-27-16-14-26-22-10-12-24-20-8-4-2-6-18(20)22/h1-12H,13-16H2,(H,23,25)(H,24,26). The minimum Gasteiger partial charge on any atom is -0.384 e. The molecule has 4 aromatic rings. The summed E-state index contributed by atoms with van der Waals surface area (Å²) in [5.74, 6) is 2.13. The maximum Gasteiger partial charge on any atom is 0.0722 e. The molecule has 2 aromatic carbocycles. The fourth-order valence-electron chi connectivity index (χ4n) is 3.12. The number of hydrogen-bond acceptors (Lipinski definition) is 5. The summed E-state index contributed by atoms with van der Waals surface area (Å²) in [6.07, 6.45) is 3.72. The van der Waals surface area contributed by atoms with E-state index in [0.29, 0.717) is 0 Å². The molecule has 0 aliphatic heterocycles. The lowest BCUT2D eigenvalue weighted by Crippen LogP contribution is -2.08. The van der Waals surface area contributed by atoms with E-state index in [-0.39, 0.29) is 0 Å². The smallest absolute Gasteiger partial charge is 0.0722 e. The van der Waals surface area contributed by atoms with Crippen molar-refractivity contribution in [3.63, 3.8) is 0 Å². The molecule has 2 aromatic heterocycles. The molecule has 0 unspecified atom stereocenters. The molecule has 0 radical (unpaired) electrons. The summed E-state index contributed by atoms with van der Waals surface area (Å²) in [5.41, 5.74) is 4.37. The number of benzene rings is 2. The van der Waals surface area contributed by atoms with E-state index in [2.05, 4.69) is 44.9 Å². The van der Waals surface area contributed by atoms with Crippen LogP contribution in [0.4, 0.5) is 11.4 Å². The van der Waals surface area contributed by atoms with Gasteiger partial charge in [-0.3, -0.25) is 9.97 Å². The number of rotatable bonds is 8. The molecular weight excluding hydrogens is 352 g/mol. The van der Waals surface area contributed by atoms with Crippen LogP contribution in [0.1, 0.15) is 0 Å². The van der Waals surface area contributed by atoms with Crippen molar-refractivity contribution in [2.75, 3.05) is 35.2 Å². The predicted octanol–water partition coefficient (Wildman–Crippen LogP) is 5.04. The minimum absolute atomic E-state index is 0.941. The summed E-state index contributed by atoms with van der Waals surface area (Å²) < 4.78 is 0. The van der Waals surface area contributed by atoms with E-state index < -0.39 is 0 Å². The van der Waals surface area contributed by atoms with Gasteiger partial charge >= 0.3 is 0 Å². The molecule has 0 aliphatic rings. The summed E-state index contributed by atoms with van der Waals surface area (Å²) in [5, 5.41) is 9.42. The number of aromatic nitrogens is 2. The van der Waals surface area contributed by atoms with Crippen LogP contribution in [0.3, 0.4) is 0 Å². The third-order valence-corrected chi connectivity index (χ3v) is 5.41. The first-order chi connectivity index (χ1) is 13.4. The summed E-state index contributed by atoms with van der Waals surface area (Å²) in [6.45, 7) is 1.88. The molecule has 0 atom stereocenters. The minimum atomic E-state index is 0.941. The fourth-order valence-corrected chi connectivity index (χ4v) is 3.81. The van der Waals surface area contributed by atoms with Crippen LogP contribution in [-0.2, 0) is 0 Å². The van der Waals surface area contributed by atoms with Crippen molar-refractivity contribution >= 4 is 44.9 Å². The number of thioether (sulfide) groups is 1. The highest BCUT2D eigenvalue weighted by Crippen LogP contribution is 2.22. The van der Waals surface area contributed by atoms with E-state index in [1.807, 2.05) is 60.6 Å². The molecule has 0 amide bonds. The normalized spacial score (nSPS) is 11.0. The van der Waals surface area contributed by atoms with Crippen molar-refractivity contribution in [1.29, 1.82) is 0 Å². The van der Waals surface area contributed by atoms with Gasteiger partial charge in [0.25, 0.3) is 0 Å². The maximum atomic E-state index is 4.40. The van der Waals surface area contributed by atoms with Crippen LogP contribution in [0, 0.1) is 0 Å². The molecule has 0 saturated carbocycles. The quantitative estimate of drug-likeness (QED) is 0.423.